The number of rotatable bonds is 3. The fourth-order valence-corrected chi connectivity index (χ4v) is 2.32. The Morgan fingerprint density at radius 3 is 2.94 bits per heavy atom. The van der Waals surface area contributed by atoms with Crippen LogP contribution in [0, 0.1) is 11.3 Å². The second kappa shape index (κ2) is 3.54. The zero-order chi connectivity index (χ0) is 12.9. The molecule has 0 saturated heterocycles. The van der Waals surface area contributed by atoms with Gasteiger partial charge in [-0.3, -0.25) is 4.98 Å². The molecule has 5 heteroatoms. The van der Waals surface area contributed by atoms with Gasteiger partial charge in [0.1, 0.15) is 0 Å². The minimum atomic E-state index is -0.454. The third-order valence-corrected chi connectivity index (χ3v) is 3.85. The first-order valence-electron chi connectivity index (χ1n) is 6.12. The molecule has 0 spiro atoms. The maximum absolute atomic E-state index is 11.1. The van der Waals surface area contributed by atoms with Crippen molar-refractivity contribution in [2.45, 2.75) is 20.3 Å². The SMILES string of the molecule is CC1(C)CC1CNc1cc2[nH]c(=O)oc2cc1N. The Labute approximate surface area is 104 Å². The van der Waals surface area contributed by atoms with Crippen LogP contribution in [-0.2, 0) is 0 Å². The molecule has 0 aliphatic heterocycles. The number of aromatic nitrogens is 1. The molecule has 0 amide bonds. The molecule has 0 radical (unpaired) electrons. The van der Waals surface area contributed by atoms with Gasteiger partial charge in [0, 0.05) is 12.6 Å². The van der Waals surface area contributed by atoms with E-state index in [2.05, 4.69) is 24.1 Å². The lowest BCUT2D eigenvalue weighted by Crippen LogP contribution is -2.08. The summed E-state index contributed by atoms with van der Waals surface area (Å²) in [7, 11) is 0. The van der Waals surface area contributed by atoms with Crippen LogP contribution < -0.4 is 16.8 Å². The summed E-state index contributed by atoms with van der Waals surface area (Å²) in [6.07, 6.45) is 1.24. The van der Waals surface area contributed by atoms with E-state index in [4.69, 9.17) is 10.2 Å². The highest BCUT2D eigenvalue weighted by Gasteiger charge is 2.44. The summed E-state index contributed by atoms with van der Waals surface area (Å²) in [6.45, 7) is 5.43. The molecular formula is C13H17N3O2. The van der Waals surface area contributed by atoms with Crippen LogP contribution in [0.5, 0.6) is 0 Å². The number of hydrogen-bond donors (Lipinski definition) is 3. The molecule has 1 heterocycles. The fourth-order valence-electron chi connectivity index (χ4n) is 2.32. The average molecular weight is 247 g/mol. The van der Waals surface area contributed by atoms with Gasteiger partial charge >= 0.3 is 5.76 Å². The van der Waals surface area contributed by atoms with E-state index in [0.717, 1.165) is 12.2 Å². The number of nitrogens with one attached hydrogen (secondary N) is 2. The first-order valence-corrected chi connectivity index (χ1v) is 6.12. The molecular weight excluding hydrogens is 230 g/mol. The minimum Gasteiger partial charge on any atom is -0.408 e. The van der Waals surface area contributed by atoms with E-state index in [1.165, 1.54) is 6.42 Å². The van der Waals surface area contributed by atoms with Crippen molar-refractivity contribution >= 4 is 22.5 Å². The van der Waals surface area contributed by atoms with Gasteiger partial charge in [-0.1, -0.05) is 13.8 Å². The molecule has 1 aliphatic rings. The quantitative estimate of drug-likeness (QED) is 0.726. The molecule has 4 N–H and O–H groups in total. The van der Waals surface area contributed by atoms with Crippen molar-refractivity contribution in [3.05, 3.63) is 22.7 Å². The van der Waals surface area contributed by atoms with Gasteiger partial charge in [0.2, 0.25) is 0 Å². The Morgan fingerprint density at radius 1 is 1.56 bits per heavy atom. The van der Waals surface area contributed by atoms with Crippen LogP contribution in [0.4, 0.5) is 11.4 Å². The molecule has 1 saturated carbocycles. The van der Waals surface area contributed by atoms with Crippen molar-refractivity contribution in [1.29, 1.82) is 0 Å². The first kappa shape index (κ1) is 11.2. The maximum atomic E-state index is 11.1. The molecule has 1 unspecified atom stereocenters. The highest BCUT2D eigenvalue weighted by molar-refractivity contribution is 5.85. The largest absolute Gasteiger partial charge is 0.417 e. The summed E-state index contributed by atoms with van der Waals surface area (Å²) in [5.41, 5.74) is 8.99. The Bertz CT molecular complexity index is 654. The molecule has 1 aromatic carbocycles. The number of benzene rings is 1. The van der Waals surface area contributed by atoms with Crippen LogP contribution in [-0.4, -0.2) is 11.5 Å². The summed E-state index contributed by atoms with van der Waals surface area (Å²) in [5.74, 6) is 0.237. The van der Waals surface area contributed by atoms with Crippen LogP contribution in [0.25, 0.3) is 11.1 Å². The van der Waals surface area contributed by atoms with Crippen molar-refractivity contribution in [3.8, 4) is 0 Å². The highest BCUT2D eigenvalue weighted by Crippen LogP contribution is 2.51. The Balaban J connectivity index is 1.83. The summed E-state index contributed by atoms with van der Waals surface area (Å²) in [6, 6.07) is 3.50. The van der Waals surface area contributed by atoms with Gasteiger partial charge in [-0.25, -0.2) is 4.79 Å². The Kier molecular flexibility index (Phi) is 2.20. The predicted molar refractivity (Wildman–Crippen MR) is 71.6 cm³/mol. The van der Waals surface area contributed by atoms with E-state index >= 15 is 0 Å². The lowest BCUT2D eigenvalue weighted by Gasteiger charge is -2.10. The van der Waals surface area contributed by atoms with Gasteiger partial charge in [-0.2, -0.15) is 0 Å². The number of nitrogens with two attached hydrogens (primary N) is 1. The van der Waals surface area contributed by atoms with Crippen molar-refractivity contribution in [2.75, 3.05) is 17.6 Å². The minimum absolute atomic E-state index is 0.440. The molecule has 3 rings (SSSR count). The Hall–Kier alpha value is -1.91. The number of oxazole rings is 1. The molecule has 1 atom stereocenters. The van der Waals surface area contributed by atoms with Gasteiger partial charge in [0.15, 0.2) is 5.58 Å². The number of anilines is 2. The smallest absolute Gasteiger partial charge is 0.408 e. The number of hydrogen-bond acceptors (Lipinski definition) is 4. The second-order valence-electron chi connectivity index (χ2n) is 5.72. The number of H-pyrrole nitrogens is 1. The van der Waals surface area contributed by atoms with Crippen molar-refractivity contribution < 1.29 is 4.42 Å². The van der Waals surface area contributed by atoms with Gasteiger partial charge in [-0.15, -0.1) is 0 Å². The summed E-state index contributed by atoms with van der Waals surface area (Å²) in [5, 5.41) is 3.34. The van der Waals surface area contributed by atoms with E-state index in [0.29, 0.717) is 28.1 Å². The number of nitrogen functional groups attached to an aromatic ring is 1. The van der Waals surface area contributed by atoms with Gasteiger partial charge < -0.3 is 15.5 Å². The van der Waals surface area contributed by atoms with Crippen molar-refractivity contribution in [3.63, 3.8) is 0 Å². The van der Waals surface area contributed by atoms with E-state index in [1.807, 2.05) is 6.07 Å². The zero-order valence-electron chi connectivity index (χ0n) is 10.5. The fraction of sp³-hybridized carbons (Fsp3) is 0.462. The van der Waals surface area contributed by atoms with Crippen LogP contribution in [0.15, 0.2) is 21.3 Å². The molecule has 96 valence electrons. The zero-order valence-corrected chi connectivity index (χ0v) is 10.5. The number of aromatic amines is 1. The summed E-state index contributed by atoms with van der Waals surface area (Å²) >= 11 is 0. The van der Waals surface area contributed by atoms with Crippen LogP contribution in [0.3, 0.4) is 0 Å². The van der Waals surface area contributed by atoms with Crippen molar-refractivity contribution in [1.82, 2.24) is 4.98 Å². The molecule has 1 fully saturated rings. The van der Waals surface area contributed by atoms with Crippen molar-refractivity contribution in [2.24, 2.45) is 11.3 Å². The molecule has 0 bridgehead atoms. The first-order chi connectivity index (χ1) is 8.45. The van der Waals surface area contributed by atoms with Gasteiger partial charge in [0.25, 0.3) is 0 Å². The molecule has 1 aliphatic carbocycles. The lowest BCUT2D eigenvalue weighted by molar-refractivity contribution is 0.555. The van der Waals surface area contributed by atoms with Crippen LogP contribution >= 0.6 is 0 Å². The number of fused-ring (bicyclic) bond motifs is 1. The summed E-state index contributed by atoms with van der Waals surface area (Å²) in [4.78, 5) is 13.7. The molecule has 18 heavy (non-hydrogen) atoms. The van der Waals surface area contributed by atoms with E-state index in [9.17, 15) is 4.79 Å². The topological polar surface area (TPSA) is 84.0 Å². The van der Waals surface area contributed by atoms with Gasteiger partial charge in [0.05, 0.1) is 16.9 Å². The van der Waals surface area contributed by atoms with Crippen LogP contribution in [0.2, 0.25) is 0 Å². The maximum Gasteiger partial charge on any atom is 0.417 e. The summed E-state index contributed by atoms with van der Waals surface area (Å²) < 4.78 is 4.96. The molecule has 1 aromatic heterocycles. The average Bonchev–Trinajstić information content (AvgIpc) is 2.72. The van der Waals surface area contributed by atoms with E-state index < -0.39 is 5.76 Å². The third-order valence-electron chi connectivity index (χ3n) is 3.85. The lowest BCUT2D eigenvalue weighted by atomic mass is 10.1. The van der Waals surface area contributed by atoms with Crippen LogP contribution in [0.1, 0.15) is 20.3 Å². The highest BCUT2D eigenvalue weighted by atomic mass is 16.4. The molecule has 5 nitrogen and oxygen atoms in total. The standard InChI is InChI=1S/C13H17N3O2/c1-13(2)5-7(13)6-15-9-4-10-11(3-8(9)14)18-12(17)16-10/h3-4,7,15H,5-6,14H2,1-2H3,(H,16,17). The second-order valence-corrected chi connectivity index (χ2v) is 5.72. The normalized spacial score (nSPS) is 21.1. The van der Waals surface area contributed by atoms with E-state index in [-0.39, 0.29) is 0 Å². The third kappa shape index (κ3) is 1.85. The van der Waals surface area contributed by atoms with E-state index in [1.54, 1.807) is 6.07 Å². The monoisotopic (exact) mass is 247 g/mol. The van der Waals surface area contributed by atoms with Gasteiger partial charge in [-0.05, 0) is 23.8 Å². The Morgan fingerprint density at radius 2 is 2.28 bits per heavy atom. The predicted octanol–water partition coefficient (Wildman–Crippen LogP) is 2.16. The molecule has 2 aromatic rings.